The van der Waals surface area contributed by atoms with Crippen LogP contribution in [0.25, 0.3) is 0 Å². The lowest BCUT2D eigenvalue weighted by Gasteiger charge is -2.26. The van der Waals surface area contributed by atoms with E-state index < -0.39 is 0 Å². The van der Waals surface area contributed by atoms with Gasteiger partial charge in [-0.3, -0.25) is 4.98 Å². The Bertz CT molecular complexity index is 311. The van der Waals surface area contributed by atoms with Gasteiger partial charge in [0.15, 0.2) is 0 Å². The molecule has 0 radical (unpaired) electrons. The van der Waals surface area contributed by atoms with Crippen molar-refractivity contribution in [2.75, 3.05) is 0 Å². The summed E-state index contributed by atoms with van der Waals surface area (Å²) in [6, 6.07) is 2.07. The van der Waals surface area contributed by atoms with E-state index in [1.165, 1.54) is 31.2 Å². The zero-order chi connectivity index (χ0) is 9.97. The van der Waals surface area contributed by atoms with Crippen LogP contribution in [0.2, 0.25) is 5.02 Å². The van der Waals surface area contributed by atoms with E-state index in [1.807, 2.05) is 6.20 Å². The zero-order valence-electron chi connectivity index (χ0n) is 8.54. The van der Waals surface area contributed by atoms with Crippen LogP contribution in [0, 0.1) is 5.92 Å². The highest BCUT2D eigenvalue weighted by Gasteiger charge is 2.20. The highest BCUT2D eigenvalue weighted by molar-refractivity contribution is 6.30. The summed E-state index contributed by atoms with van der Waals surface area (Å²) in [7, 11) is 0. The molecule has 2 atom stereocenters. The molecule has 14 heavy (non-hydrogen) atoms. The van der Waals surface area contributed by atoms with Gasteiger partial charge in [0.05, 0.1) is 5.02 Å². The largest absolute Gasteiger partial charge is 0.263 e. The fourth-order valence-corrected chi connectivity index (χ4v) is 2.57. The maximum Gasteiger partial charge on any atom is 0.0592 e. The van der Waals surface area contributed by atoms with Crippen molar-refractivity contribution in [2.24, 2.45) is 5.92 Å². The molecule has 0 aromatic carbocycles. The summed E-state index contributed by atoms with van der Waals surface area (Å²) in [6.07, 6.45) is 8.99. The molecule has 76 valence electrons. The summed E-state index contributed by atoms with van der Waals surface area (Å²) in [6.45, 7) is 2.34. The molecular weight excluding hydrogens is 194 g/mol. The van der Waals surface area contributed by atoms with Crippen LogP contribution in [-0.2, 0) is 0 Å². The number of rotatable bonds is 1. The second-order valence-electron chi connectivity index (χ2n) is 4.41. The van der Waals surface area contributed by atoms with Gasteiger partial charge in [0, 0.05) is 12.4 Å². The van der Waals surface area contributed by atoms with E-state index >= 15 is 0 Å². The number of aromatic nitrogens is 1. The fraction of sp³-hybridized carbons (Fsp3) is 0.583. The third-order valence-electron chi connectivity index (χ3n) is 3.13. The van der Waals surface area contributed by atoms with E-state index in [9.17, 15) is 0 Å². The lowest BCUT2D eigenvalue weighted by atomic mass is 9.79. The normalized spacial score (nSPS) is 27.6. The molecule has 1 aromatic heterocycles. The Morgan fingerprint density at radius 3 is 2.93 bits per heavy atom. The van der Waals surface area contributed by atoms with Crippen molar-refractivity contribution in [1.82, 2.24) is 4.98 Å². The van der Waals surface area contributed by atoms with Crippen molar-refractivity contribution >= 4 is 11.6 Å². The van der Waals surface area contributed by atoms with Crippen LogP contribution < -0.4 is 0 Å². The van der Waals surface area contributed by atoms with Gasteiger partial charge in [0.1, 0.15) is 0 Å². The monoisotopic (exact) mass is 209 g/mol. The molecule has 1 saturated carbocycles. The van der Waals surface area contributed by atoms with Crippen molar-refractivity contribution in [3.63, 3.8) is 0 Å². The molecule has 1 aliphatic carbocycles. The molecule has 0 bridgehead atoms. The summed E-state index contributed by atoms with van der Waals surface area (Å²) in [5.74, 6) is 1.54. The second-order valence-corrected chi connectivity index (χ2v) is 4.84. The first kappa shape index (κ1) is 9.97. The van der Waals surface area contributed by atoms with Gasteiger partial charge in [-0.1, -0.05) is 31.4 Å². The maximum absolute atomic E-state index is 5.94. The van der Waals surface area contributed by atoms with E-state index in [-0.39, 0.29) is 0 Å². The molecule has 0 saturated heterocycles. The Hall–Kier alpha value is -0.560. The van der Waals surface area contributed by atoms with Gasteiger partial charge in [-0.2, -0.15) is 0 Å². The van der Waals surface area contributed by atoms with Gasteiger partial charge < -0.3 is 0 Å². The van der Waals surface area contributed by atoms with Crippen molar-refractivity contribution < 1.29 is 0 Å². The lowest BCUT2D eigenvalue weighted by molar-refractivity contribution is 0.343. The third-order valence-corrected chi connectivity index (χ3v) is 3.34. The summed E-state index contributed by atoms with van der Waals surface area (Å²) in [5, 5.41) is 0.765. The number of hydrogen-bond acceptors (Lipinski definition) is 1. The number of halogens is 1. The number of nitrogens with zero attached hydrogens (tertiary/aromatic N) is 1. The summed E-state index contributed by atoms with van der Waals surface area (Å²) < 4.78 is 0. The first-order valence-corrected chi connectivity index (χ1v) is 5.74. The van der Waals surface area contributed by atoms with Crippen molar-refractivity contribution in [1.29, 1.82) is 0 Å². The molecule has 0 spiro atoms. The lowest BCUT2D eigenvalue weighted by Crippen LogP contribution is -2.11. The van der Waals surface area contributed by atoms with Crippen molar-refractivity contribution in [3.05, 3.63) is 29.0 Å². The van der Waals surface area contributed by atoms with E-state index in [1.54, 1.807) is 6.20 Å². The second kappa shape index (κ2) is 4.31. The summed E-state index contributed by atoms with van der Waals surface area (Å²) in [5.41, 5.74) is 1.32. The minimum absolute atomic E-state index is 0.685. The molecule has 1 fully saturated rings. The molecule has 2 rings (SSSR count). The molecule has 0 aliphatic heterocycles. The average molecular weight is 210 g/mol. The molecule has 0 amide bonds. The first-order chi connectivity index (χ1) is 6.75. The molecule has 0 N–H and O–H groups in total. The fourth-order valence-electron chi connectivity index (χ4n) is 2.39. The predicted molar refractivity (Wildman–Crippen MR) is 59.6 cm³/mol. The van der Waals surface area contributed by atoms with Gasteiger partial charge >= 0.3 is 0 Å². The average Bonchev–Trinajstić information content (AvgIpc) is 2.18. The van der Waals surface area contributed by atoms with Crippen LogP contribution >= 0.6 is 11.6 Å². The van der Waals surface area contributed by atoms with Crippen LogP contribution in [-0.4, -0.2) is 4.98 Å². The molecular formula is C12H16ClN. The molecule has 1 nitrogen and oxygen atoms in total. The van der Waals surface area contributed by atoms with Crippen molar-refractivity contribution in [2.45, 2.75) is 38.5 Å². The van der Waals surface area contributed by atoms with Crippen LogP contribution in [0.4, 0.5) is 0 Å². The Balaban J connectivity index is 2.14. The summed E-state index contributed by atoms with van der Waals surface area (Å²) in [4.78, 5) is 4.15. The molecule has 1 aromatic rings. The van der Waals surface area contributed by atoms with E-state index in [4.69, 9.17) is 11.6 Å². The smallest absolute Gasteiger partial charge is 0.0592 e. The minimum atomic E-state index is 0.685. The highest BCUT2D eigenvalue weighted by atomic mass is 35.5. The molecule has 1 unspecified atom stereocenters. The van der Waals surface area contributed by atoms with Gasteiger partial charge in [-0.15, -0.1) is 0 Å². The Morgan fingerprint density at radius 1 is 1.36 bits per heavy atom. The van der Waals surface area contributed by atoms with E-state index in [0.717, 1.165) is 10.9 Å². The van der Waals surface area contributed by atoms with Gasteiger partial charge in [-0.25, -0.2) is 0 Å². The van der Waals surface area contributed by atoms with E-state index in [2.05, 4.69) is 18.0 Å². The van der Waals surface area contributed by atoms with Crippen LogP contribution in [0.3, 0.4) is 0 Å². The number of pyridine rings is 1. The third kappa shape index (κ3) is 2.27. The van der Waals surface area contributed by atoms with Crippen LogP contribution in [0.5, 0.6) is 0 Å². The van der Waals surface area contributed by atoms with Gasteiger partial charge in [0.25, 0.3) is 0 Å². The molecule has 1 aliphatic rings. The van der Waals surface area contributed by atoms with Crippen molar-refractivity contribution in [3.8, 4) is 0 Å². The SMILES string of the molecule is C[C@@H]1CCCC(c2cncc(Cl)c2)C1. The van der Waals surface area contributed by atoms with Crippen LogP contribution in [0.1, 0.15) is 44.1 Å². The Morgan fingerprint density at radius 2 is 2.21 bits per heavy atom. The highest BCUT2D eigenvalue weighted by Crippen LogP contribution is 2.36. The van der Waals surface area contributed by atoms with Crippen LogP contribution in [0.15, 0.2) is 18.5 Å². The van der Waals surface area contributed by atoms with Gasteiger partial charge in [-0.05, 0) is 36.3 Å². The van der Waals surface area contributed by atoms with E-state index in [0.29, 0.717) is 5.92 Å². The predicted octanol–water partition coefficient (Wildman–Crippen LogP) is 4.03. The standard InChI is InChI=1S/C12H16ClN/c1-9-3-2-4-10(5-9)11-6-12(13)8-14-7-11/h6-10H,2-5H2,1H3/t9-,10?/m1/s1. The zero-order valence-corrected chi connectivity index (χ0v) is 9.30. The molecule has 1 heterocycles. The minimum Gasteiger partial charge on any atom is -0.263 e. The van der Waals surface area contributed by atoms with Gasteiger partial charge in [0.2, 0.25) is 0 Å². The maximum atomic E-state index is 5.94. The Kier molecular flexibility index (Phi) is 3.07. The summed E-state index contributed by atoms with van der Waals surface area (Å²) >= 11 is 5.94. The number of hydrogen-bond donors (Lipinski definition) is 0. The first-order valence-electron chi connectivity index (χ1n) is 5.36. The Labute approximate surface area is 90.5 Å². The molecule has 2 heteroatoms. The quantitative estimate of drug-likeness (QED) is 0.681. The topological polar surface area (TPSA) is 12.9 Å².